The van der Waals surface area contributed by atoms with Crippen molar-refractivity contribution in [3.8, 4) is 0 Å². The Morgan fingerprint density at radius 1 is 0.862 bits per heavy atom. The third-order valence-electron chi connectivity index (χ3n) is 4.18. The first kappa shape index (κ1) is 20.3. The number of benzene rings is 2. The van der Waals surface area contributed by atoms with Crippen molar-refractivity contribution in [1.82, 2.24) is 5.32 Å². The van der Waals surface area contributed by atoms with Crippen LogP contribution in [0.2, 0.25) is 0 Å². The van der Waals surface area contributed by atoms with Gasteiger partial charge in [0.15, 0.2) is 0 Å². The Balaban J connectivity index is 1.65. The van der Waals surface area contributed by atoms with Gasteiger partial charge in [-0.25, -0.2) is 4.79 Å². The zero-order chi connectivity index (χ0) is 20.6. The van der Waals surface area contributed by atoms with Crippen molar-refractivity contribution in [1.29, 1.82) is 0 Å². The molecule has 0 saturated carbocycles. The molecule has 0 bridgehead atoms. The zero-order valence-corrected chi connectivity index (χ0v) is 16.6. The van der Waals surface area contributed by atoms with Gasteiger partial charge in [0.2, 0.25) is 0 Å². The van der Waals surface area contributed by atoms with Crippen molar-refractivity contribution in [3.05, 3.63) is 87.6 Å². The van der Waals surface area contributed by atoms with E-state index in [-0.39, 0.29) is 5.91 Å². The minimum atomic E-state index is -0.493. The van der Waals surface area contributed by atoms with Crippen molar-refractivity contribution in [2.24, 2.45) is 0 Å². The van der Waals surface area contributed by atoms with Crippen molar-refractivity contribution < 1.29 is 19.1 Å². The van der Waals surface area contributed by atoms with Crippen molar-refractivity contribution in [2.45, 2.75) is 6.42 Å². The second-order valence-electron chi connectivity index (χ2n) is 6.15. The van der Waals surface area contributed by atoms with Gasteiger partial charge in [-0.1, -0.05) is 42.5 Å². The van der Waals surface area contributed by atoms with E-state index in [0.717, 1.165) is 16.9 Å². The van der Waals surface area contributed by atoms with Crippen LogP contribution in [-0.2, 0) is 11.2 Å². The van der Waals surface area contributed by atoms with Crippen LogP contribution in [0, 0.1) is 0 Å². The second-order valence-corrected chi connectivity index (χ2v) is 7.23. The molecule has 2 amide bonds. The highest BCUT2D eigenvalue weighted by Gasteiger charge is 2.17. The molecule has 3 rings (SSSR count). The van der Waals surface area contributed by atoms with Gasteiger partial charge in [0.1, 0.15) is 4.88 Å². The van der Waals surface area contributed by atoms with Crippen LogP contribution in [0.5, 0.6) is 0 Å². The van der Waals surface area contributed by atoms with Gasteiger partial charge in [-0.2, -0.15) is 0 Å². The molecule has 2 aromatic carbocycles. The van der Waals surface area contributed by atoms with Crippen molar-refractivity contribution >= 4 is 34.8 Å². The number of thiophene rings is 1. The van der Waals surface area contributed by atoms with E-state index in [1.807, 2.05) is 30.3 Å². The molecule has 6 nitrogen and oxygen atoms in total. The number of esters is 1. The van der Waals surface area contributed by atoms with Crippen LogP contribution in [0.3, 0.4) is 0 Å². The molecule has 148 valence electrons. The van der Waals surface area contributed by atoms with Gasteiger partial charge in [-0.05, 0) is 36.2 Å². The maximum Gasteiger partial charge on any atom is 0.348 e. The molecular weight excluding hydrogens is 388 g/mol. The van der Waals surface area contributed by atoms with E-state index in [2.05, 4.69) is 15.4 Å². The largest absolute Gasteiger partial charge is 0.465 e. The Hall–Kier alpha value is -3.45. The summed E-state index contributed by atoms with van der Waals surface area (Å²) in [5.74, 6) is -1.15. The van der Waals surface area contributed by atoms with Crippen LogP contribution >= 0.6 is 11.3 Å². The molecule has 2 N–H and O–H groups in total. The maximum atomic E-state index is 12.6. The first-order valence-corrected chi connectivity index (χ1v) is 9.81. The molecule has 0 spiro atoms. The van der Waals surface area contributed by atoms with Crippen LogP contribution in [0.1, 0.15) is 35.3 Å². The normalized spacial score (nSPS) is 10.2. The van der Waals surface area contributed by atoms with Gasteiger partial charge < -0.3 is 15.4 Å². The molecule has 3 aromatic rings. The topological polar surface area (TPSA) is 84.5 Å². The van der Waals surface area contributed by atoms with Gasteiger partial charge in [0, 0.05) is 6.54 Å². The average molecular weight is 408 g/mol. The number of carbonyl (C=O) groups excluding carboxylic acids is 3. The first-order valence-electron chi connectivity index (χ1n) is 8.99. The van der Waals surface area contributed by atoms with E-state index in [4.69, 9.17) is 0 Å². The van der Waals surface area contributed by atoms with E-state index < -0.39 is 11.9 Å². The molecule has 0 saturated heterocycles. The number of ether oxygens (including phenoxy) is 1. The summed E-state index contributed by atoms with van der Waals surface area (Å²) in [6.45, 7) is 0.485. The van der Waals surface area contributed by atoms with E-state index >= 15 is 0 Å². The number of anilines is 1. The summed E-state index contributed by atoms with van der Waals surface area (Å²) in [6, 6.07) is 19.8. The molecular formula is C22H20N2O4S. The molecule has 7 heteroatoms. The smallest absolute Gasteiger partial charge is 0.348 e. The lowest BCUT2D eigenvalue weighted by molar-refractivity contribution is 0.0606. The first-order chi connectivity index (χ1) is 14.1. The lowest BCUT2D eigenvalue weighted by Gasteiger charge is -2.11. The number of carbonyl (C=O) groups is 3. The van der Waals surface area contributed by atoms with Crippen LogP contribution in [0.15, 0.2) is 66.7 Å². The minimum absolute atomic E-state index is 0.265. The Labute approximate surface area is 172 Å². The quantitative estimate of drug-likeness (QED) is 0.583. The van der Waals surface area contributed by atoms with Gasteiger partial charge in [0.05, 0.1) is 23.2 Å². The maximum absolute atomic E-state index is 12.6. The minimum Gasteiger partial charge on any atom is -0.465 e. The van der Waals surface area contributed by atoms with Crippen LogP contribution < -0.4 is 10.6 Å². The number of rotatable bonds is 7. The number of methoxy groups -OCH3 is 1. The molecule has 1 heterocycles. The summed E-state index contributed by atoms with van der Waals surface area (Å²) in [5, 5.41) is 5.62. The molecule has 1 aromatic heterocycles. The molecule has 0 unspecified atom stereocenters. The Morgan fingerprint density at radius 2 is 1.55 bits per heavy atom. The summed E-state index contributed by atoms with van der Waals surface area (Å²) in [7, 11) is 1.29. The Bertz CT molecular complexity index is 1010. The third kappa shape index (κ3) is 5.30. The Morgan fingerprint density at radius 3 is 2.31 bits per heavy atom. The predicted octanol–water partition coefficient (Wildman–Crippen LogP) is 3.76. The number of hydrogen-bond acceptors (Lipinski definition) is 5. The number of para-hydroxylation sites is 1. The molecule has 0 aliphatic rings. The molecule has 0 aliphatic heterocycles. The van der Waals surface area contributed by atoms with Gasteiger partial charge in [-0.3, -0.25) is 9.59 Å². The fraction of sp³-hybridized carbons (Fsp3) is 0.136. The number of hydrogen-bond donors (Lipinski definition) is 2. The predicted molar refractivity (Wildman–Crippen MR) is 113 cm³/mol. The van der Waals surface area contributed by atoms with Gasteiger partial charge in [0.25, 0.3) is 11.8 Å². The molecule has 29 heavy (non-hydrogen) atoms. The second kappa shape index (κ2) is 9.66. The zero-order valence-electron chi connectivity index (χ0n) is 15.8. The fourth-order valence-corrected chi connectivity index (χ4v) is 3.52. The summed E-state index contributed by atoms with van der Waals surface area (Å²) in [6.07, 6.45) is 0.715. The average Bonchev–Trinajstić information content (AvgIpc) is 3.25. The molecule has 0 fully saturated rings. The van der Waals surface area contributed by atoms with Crippen LogP contribution in [0.4, 0.5) is 5.69 Å². The van der Waals surface area contributed by atoms with Crippen LogP contribution in [0.25, 0.3) is 0 Å². The van der Waals surface area contributed by atoms with Crippen molar-refractivity contribution in [3.63, 3.8) is 0 Å². The van der Waals surface area contributed by atoms with E-state index in [1.54, 1.807) is 30.3 Å². The van der Waals surface area contributed by atoms with Crippen LogP contribution in [-0.4, -0.2) is 31.4 Å². The van der Waals surface area contributed by atoms with Gasteiger partial charge in [-0.15, -0.1) is 11.3 Å². The Kier molecular flexibility index (Phi) is 6.76. The summed E-state index contributed by atoms with van der Waals surface area (Å²) < 4.78 is 4.65. The lowest BCUT2D eigenvalue weighted by atomic mass is 10.1. The van der Waals surface area contributed by atoms with E-state index in [1.165, 1.54) is 13.2 Å². The summed E-state index contributed by atoms with van der Waals surface area (Å²) >= 11 is 1.03. The highest BCUT2D eigenvalue weighted by atomic mass is 32.1. The molecule has 0 aliphatic carbocycles. The summed E-state index contributed by atoms with van der Waals surface area (Å²) in [5.41, 5.74) is 1.91. The molecule has 0 radical (unpaired) electrons. The molecule has 0 atom stereocenters. The van der Waals surface area contributed by atoms with Crippen molar-refractivity contribution in [2.75, 3.05) is 19.0 Å². The summed E-state index contributed by atoms with van der Waals surface area (Å²) in [4.78, 5) is 37.4. The number of nitrogens with one attached hydrogen (secondary N) is 2. The van der Waals surface area contributed by atoms with E-state index in [9.17, 15) is 14.4 Å². The number of amides is 2. The lowest BCUT2D eigenvalue weighted by Crippen LogP contribution is -2.27. The fourth-order valence-electron chi connectivity index (χ4n) is 2.70. The van der Waals surface area contributed by atoms with E-state index in [0.29, 0.717) is 34.0 Å². The SMILES string of the molecule is COC(=O)c1ccc(C(=O)Nc2ccccc2C(=O)NCCc2ccccc2)s1. The highest BCUT2D eigenvalue weighted by molar-refractivity contribution is 7.16. The standard InChI is InChI=1S/C22H20N2O4S/c1-28-22(27)19-12-11-18(29-19)21(26)24-17-10-6-5-9-16(17)20(25)23-14-13-15-7-3-2-4-8-15/h2-12H,13-14H2,1H3,(H,23,25)(H,24,26). The van der Waals surface area contributed by atoms with Gasteiger partial charge >= 0.3 is 5.97 Å². The monoisotopic (exact) mass is 408 g/mol. The highest BCUT2D eigenvalue weighted by Crippen LogP contribution is 2.21. The third-order valence-corrected chi connectivity index (χ3v) is 5.24.